The third-order valence-corrected chi connectivity index (χ3v) is 7.99. The number of carbonyl (C=O) groups is 1. The molecule has 5 nitrogen and oxygen atoms in total. The van der Waals surface area contributed by atoms with Gasteiger partial charge in [0.25, 0.3) is 0 Å². The molecule has 0 fully saturated rings. The van der Waals surface area contributed by atoms with Gasteiger partial charge in [-0.3, -0.25) is 0 Å². The standard InChI is InChI=1S/C41H50O5/c1-4-7-9-10-11-17-29-44-35-26-23-33(24-27-35)36-20-15-16-21-37(36)34-25-28-38(45-31-32-18-13-12-14-19-32)40(30-34)46-39(22-8-5-2)41(42)43-6-3/h12-16,18-21,23-28,30,39H,4-11,17,22,29,31H2,1-3H3/t39-/m0/s1. The van der Waals surface area contributed by atoms with Crippen LogP contribution in [0, 0.1) is 0 Å². The fourth-order valence-corrected chi connectivity index (χ4v) is 5.41. The van der Waals surface area contributed by atoms with Crippen molar-refractivity contribution in [3.8, 4) is 39.5 Å². The number of unbranched alkanes of at least 4 members (excludes halogenated alkanes) is 6. The van der Waals surface area contributed by atoms with Crippen molar-refractivity contribution in [3.05, 3.63) is 103 Å². The van der Waals surface area contributed by atoms with E-state index in [4.69, 9.17) is 18.9 Å². The van der Waals surface area contributed by atoms with E-state index in [2.05, 4.69) is 62.4 Å². The van der Waals surface area contributed by atoms with Crippen molar-refractivity contribution in [3.63, 3.8) is 0 Å². The number of rotatable bonds is 20. The lowest BCUT2D eigenvalue weighted by Gasteiger charge is -2.21. The largest absolute Gasteiger partial charge is 0.494 e. The van der Waals surface area contributed by atoms with Crippen LogP contribution in [-0.2, 0) is 16.1 Å². The Balaban J connectivity index is 1.56. The summed E-state index contributed by atoms with van der Waals surface area (Å²) in [7, 11) is 0. The smallest absolute Gasteiger partial charge is 0.347 e. The molecule has 5 heteroatoms. The molecule has 4 rings (SSSR count). The molecule has 0 heterocycles. The average molecular weight is 623 g/mol. The van der Waals surface area contributed by atoms with Crippen LogP contribution in [0.1, 0.15) is 84.1 Å². The van der Waals surface area contributed by atoms with Crippen molar-refractivity contribution in [2.45, 2.75) is 91.3 Å². The molecular formula is C41H50O5. The number of benzene rings is 4. The van der Waals surface area contributed by atoms with Gasteiger partial charge in [-0.2, -0.15) is 0 Å². The van der Waals surface area contributed by atoms with E-state index in [1.165, 1.54) is 32.1 Å². The zero-order valence-electron chi connectivity index (χ0n) is 27.8. The summed E-state index contributed by atoms with van der Waals surface area (Å²) in [6, 6.07) is 32.7. The van der Waals surface area contributed by atoms with E-state index in [0.717, 1.165) is 59.4 Å². The monoisotopic (exact) mass is 622 g/mol. The Bertz CT molecular complexity index is 1450. The third kappa shape index (κ3) is 10.7. The number of hydrogen-bond donors (Lipinski definition) is 0. The molecule has 0 bridgehead atoms. The van der Waals surface area contributed by atoms with Crippen molar-refractivity contribution in [2.75, 3.05) is 13.2 Å². The second-order valence-corrected chi connectivity index (χ2v) is 11.6. The lowest BCUT2D eigenvalue weighted by molar-refractivity contribution is -0.151. The molecule has 0 aliphatic rings. The first kappa shape index (κ1) is 34.6. The molecule has 4 aromatic carbocycles. The highest BCUT2D eigenvalue weighted by Gasteiger charge is 2.24. The van der Waals surface area contributed by atoms with Gasteiger partial charge in [-0.1, -0.05) is 125 Å². The fourth-order valence-electron chi connectivity index (χ4n) is 5.41. The summed E-state index contributed by atoms with van der Waals surface area (Å²) in [5.41, 5.74) is 5.28. The van der Waals surface area contributed by atoms with E-state index in [1.807, 2.05) is 55.5 Å². The first-order chi connectivity index (χ1) is 22.6. The molecule has 0 aliphatic heterocycles. The molecule has 0 saturated heterocycles. The Hall–Kier alpha value is -4.25. The topological polar surface area (TPSA) is 54.0 Å². The first-order valence-corrected chi connectivity index (χ1v) is 17.1. The summed E-state index contributed by atoms with van der Waals surface area (Å²) in [6.07, 6.45) is 9.13. The van der Waals surface area contributed by atoms with E-state index in [-0.39, 0.29) is 5.97 Å². The van der Waals surface area contributed by atoms with Crippen LogP contribution in [0.25, 0.3) is 22.3 Å². The highest BCUT2D eigenvalue weighted by molar-refractivity contribution is 5.84. The van der Waals surface area contributed by atoms with Crippen LogP contribution in [0.4, 0.5) is 0 Å². The maximum Gasteiger partial charge on any atom is 0.347 e. The second kappa shape index (κ2) is 19.3. The maximum atomic E-state index is 12.9. The summed E-state index contributed by atoms with van der Waals surface area (Å²) in [5.74, 6) is 1.65. The van der Waals surface area contributed by atoms with Crippen molar-refractivity contribution >= 4 is 5.97 Å². The van der Waals surface area contributed by atoms with Gasteiger partial charge in [0.05, 0.1) is 13.2 Å². The van der Waals surface area contributed by atoms with Crippen LogP contribution in [0.3, 0.4) is 0 Å². The average Bonchev–Trinajstić information content (AvgIpc) is 3.10. The normalized spacial score (nSPS) is 11.5. The minimum absolute atomic E-state index is 0.304. The molecule has 4 aromatic rings. The van der Waals surface area contributed by atoms with E-state index in [0.29, 0.717) is 31.1 Å². The highest BCUT2D eigenvalue weighted by atomic mass is 16.6. The molecule has 0 aromatic heterocycles. The van der Waals surface area contributed by atoms with Gasteiger partial charge in [0.15, 0.2) is 17.6 Å². The predicted octanol–water partition coefficient (Wildman–Crippen LogP) is 10.8. The van der Waals surface area contributed by atoms with Crippen LogP contribution in [-0.4, -0.2) is 25.3 Å². The zero-order valence-corrected chi connectivity index (χ0v) is 27.8. The molecule has 46 heavy (non-hydrogen) atoms. The van der Waals surface area contributed by atoms with Gasteiger partial charge in [-0.15, -0.1) is 0 Å². The second-order valence-electron chi connectivity index (χ2n) is 11.6. The SMILES string of the molecule is CCCCCCCCOc1ccc(-c2ccccc2-c2ccc(OCc3ccccc3)c(O[C@@H](CCCC)C(=O)OCC)c2)cc1. The summed E-state index contributed by atoms with van der Waals surface area (Å²) >= 11 is 0. The molecule has 0 amide bonds. The lowest BCUT2D eigenvalue weighted by atomic mass is 9.94. The number of hydrogen-bond acceptors (Lipinski definition) is 5. The summed E-state index contributed by atoms with van der Waals surface area (Å²) in [4.78, 5) is 12.9. The van der Waals surface area contributed by atoms with Gasteiger partial charge >= 0.3 is 5.97 Å². The molecule has 0 radical (unpaired) electrons. The van der Waals surface area contributed by atoms with Crippen molar-refractivity contribution in [1.82, 2.24) is 0 Å². The minimum atomic E-state index is -0.714. The Morgan fingerprint density at radius 1 is 0.630 bits per heavy atom. The Morgan fingerprint density at radius 3 is 2.00 bits per heavy atom. The van der Waals surface area contributed by atoms with Crippen LogP contribution in [0.2, 0.25) is 0 Å². The van der Waals surface area contributed by atoms with E-state index in [1.54, 1.807) is 0 Å². The number of esters is 1. The summed E-state index contributed by atoms with van der Waals surface area (Å²) in [5, 5.41) is 0. The number of ether oxygens (including phenoxy) is 4. The third-order valence-electron chi connectivity index (χ3n) is 7.99. The van der Waals surface area contributed by atoms with Crippen LogP contribution in [0.15, 0.2) is 97.1 Å². The Kier molecular flexibility index (Phi) is 14.5. The molecule has 1 atom stereocenters. The molecule has 0 unspecified atom stereocenters. The van der Waals surface area contributed by atoms with Crippen LogP contribution >= 0.6 is 0 Å². The maximum absolute atomic E-state index is 12.9. The summed E-state index contributed by atoms with van der Waals surface area (Å²) in [6.45, 7) is 7.60. The minimum Gasteiger partial charge on any atom is -0.494 e. The van der Waals surface area contributed by atoms with Gasteiger partial charge in [0, 0.05) is 0 Å². The van der Waals surface area contributed by atoms with Gasteiger partial charge < -0.3 is 18.9 Å². The predicted molar refractivity (Wildman–Crippen MR) is 188 cm³/mol. The molecular weight excluding hydrogens is 572 g/mol. The van der Waals surface area contributed by atoms with E-state index < -0.39 is 6.10 Å². The van der Waals surface area contributed by atoms with E-state index in [9.17, 15) is 4.79 Å². The van der Waals surface area contributed by atoms with E-state index >= 15 is 0 Å². The van der Waals surface area contributed by atoms with Crippen LogP contribution < -0.4 is 14.2 Å². The van der Waals surface area contributed by atoms with Gasteiger partial charge in [0.1, 0.15) is 12.4 Å². The molecule has 0 N–H and O–H groups in total. The first-order valence-electron chi connectivity index (χ1n) is 17.1. The number of carbonyl (C=O) groups excluding carboxylic acids is 1. The highest BCUT2D eigenvalue weighted by Crippen LogP contribution is 2.39. The fraction of sp³-hybridized carbons (Fsp3) is 0.390. The Morgan fingerprint density at radius 2 is 1.28 bits per heavy atom. The van der Waals surface area contributed by atoms with Crippen molar-refractivity contribution in [1.29, 1.82) is 0 Å². The lowest BCUT2D eigenvalue weighted by Crippen LogP contribution is -2.29. The van der Waals surface area contributed by atoms with Gasteiger partial charge in [0.2, 0.25) is 0 Å². The molecule has 244 valence electrons. The van der Waals surface area contributed by atoms with Crippen molar-refractivity contribution < 1.29 is 23.7 Å². The quantitative estimate of drug-likeness (QED) is 0.0725. The van der Waals surface area contributed by atoms with Crippen LogP contribution in [0.5, 0.6) is 17.2 Å². The van der Waals surface area contributed by atoms with Gasteiger partial charge in [-0.25, -0.2) is 4.79 Å². The van der Waals surface area contributed by atoms with Crippen molar-refractivity contribution in [2.24, 2.45) is 0 Å². The molecule has 0 saturated carbocycles. The van der Waals surface area contributed by atoms with Gasteiger partial charge in [-0.05, 0) is 78.3 Å². The summed E-state index contributed by atoms with van der Waals surface area (Å²) < 4.78 is 24.1. The Labute approximate surface area is 275 Å². The molecule has 0 spiro atoms. The molecule has 0 aliphatic carbocycles. The zero-order chi connectivity index (χ0) is 32.4.